The molecular formula is C16H22F3NO. The van der Waals surface area contributed by atoms with Crippen molar-refractivity contribution in [2.45, 2.75) is 51.4 Å². The van der Waals surface area contributed by atoms with Gasteiger partial charge in [0.1, 0.15) is 5.75 Å². The van der Waals surface area contributed by atoms with Crippen LogP contribution in [0.4, 0.5) is 13.2 Å². The second-order valence-electron chi connectivity index (χ2n) is 5.60. The molecule has 1 N–H and O–H groups in total. The Morgan fingerprint density at radius 2 is 1.81 bits per heavy atom. The van der Waals surface area contributed by atoms with Gasteiger partial charge in [-0.1, -0.05) is 31.9 Å². The van der Waals surface area contributed by atoms with E-state index in [0.29, 0.717) is 12.0 Å². The normalized spacial score (nSPS) is 23.0. The molecule has 1 aromatic carbocycles. The molecule has 0 spiro atoms. The van der Waals surface area contributed by atoms with Crippen LogP contribution < -0.4 is 10.1 Å². The van der Waals surface area contributed by atoms with Gasteiger partial charge in [-0.05, 0) is 49.4 Å². The molecule has 2 rings (SSSR count). The van der Waals surface area contributed by atoms with Crippen molar-refractivity contribution >= 4 is 0 Å². The highest BCUT2D eigenvalue weighted by Crippen LogP contribution is 2.29. The Morgan fingerprint density at radius 1 is 1.14 bits per heavy atom. The third-order valence-corrected chi connectivity index (χ3v) is 4.03. The summed E-state index contributed by atoms with van der Waals surface area (Å²) in [5, 5.41) is 3.52. The topological polar surface area (TPSA) is 21.3 Å². The molecule has 2 atom stereocenters. The van der Waals surface area contributed by atoms with Gasteiger partial charge < -0.3 is 10.1 Å². The van der Waals surface area contributed by atoms with Crippen molar-refractivity contribution in [1.29, 1.82) is 0 Å². The summed E-state index contributed by atoms with van der Waals surface area (Å²) >= 11 is 0. The molecule has 118 valence electrons. The lowest BCUT2D eigenvalue weighted by atomic mass is 9.80. The SMILES string of the molecule is CCNC1CCCCC1Cc1ccc(OC(F)(F)F)cc1. The first kappa shape index (κ1) is 16.1. The maximum atomic E-state index is 12.1. The maximum Gasteiger partial charge on any atom is 0.573 e. The molecule has 0 saturated heterocycles. The fraction of sp³-hybridized carbons (Fsp3) is 0.625. The van der Waals surface area contributed by atoms with E-state index in [0.717, 1.165) is 18.5 Å². The van der Waals surface area contributed by atoms with E-state index in [2.05, 4.69) is 17.0 Å². The van der Waals surface area contributed by atoms with Crippen LogP contribution in [0, 0.1) is 5.92 Å². The minimum atomic E-state index is -4.62. The third-order valence-electron chi connectivity index (χ3n) is 4.03. The van der Waals surface area contributed by atoms with Crippen LogP contribution in [-0.2, 0) is 6.42 Å². The summed E-state index contributed by atoms with van der Waals surface area (Å²) in [5.41, 5.74) is 1.07. The van der Waals surface area contributed by atoms with E-state index >= 15 is 0 Å². The molecule has 1 aromatic rings. The van der Waals surface area contributed by atoms with Crippen molar-refractivity contribution in [2.24, 2.45) is 5.92 Å². The number of rotatable bonds is 5. The van der Waals surface area contributed by atoms with Gasteiger partial charge in [-0.25, -0.2) is 0 Å². The van der Waals surface area contributed by atoms with E-state index < -0.39 is 6.36 Å². The molecule has 2 nitrogen and oxygen atoms in total. The van der Waals surface area contributed by atoms with Crippen LogP contribution in [0.1, 0.15) is 38.2 Å². The monoisotopic (exact) mass is 301 g/mol. The maximum absolute atomic E-state index is 12.1. The number of benzene rings is 1. The first-order chi connectivity index (χ1) is 9.98. The fourth-order valence-corrected chi connectivity index (χ4v) is 3.11. The van der Waals surface area contributed by atoms with E-state index in [1.54, 1.807) is 12.1 Å². The Morgan fingerprint density at radius 3 is 2.43 bits per heavy atom. The van der Waals surface area contributed by atoms with Crippen molar-refractivity contribution in [2.75, 3.05) is 6.54 Å². The third kappa shape index (κ3) is 5.23. The highest BCUT2D eigenvalue weighted by atomic mass is 19.4. The van der Waals surface area contributed by atoms with Gasteiger partial charge in [-0.15, -0.1) is 13.2 Å². The summed E-state index contributed by atoms with van der Waals surface area (Å²) in [4.78, 5) is 0. The molecule has 0 heterocycles. The molecule has 2 unspecified atom stereocenters. The second-order valence-corrected chi connectivity index (χ2v) is 5.60. The zero-order valence-corrected chi connectivity index (χ0v) is 12.2. The molecular weight excluding hydrogens is 279 g/mol. The van der Waals surface area contributed by atoms with E-state index in [1.165, 1.54) is 37.8 Å². The minimum Gasteiger partial charge on any atom is -0.406 e. The average Bonchev–Trinajstić information content (AvgIpc) is 2.42. The summed E-state index contributed by atoms with van der Waals surface area (Å²) in [7, 11) is 0. The smallest absolute Gasteiger partial charge is 0.406 e. The summed E-state index contributed by atoms with van der Waals surface area (Å²) in [6.07, 6.45) is 1.14. The molecule has 21 heavy (non-hydrogen) atoms. The van der Waals surface area contributed by atoms with Crippen LogP contribution in [-0.4, -0.2) is 18.9 Å². The molecule has 1 aliphatic carbocycles. The lowest BCUT2D eigenvalue weighted by molar-refractivity contribution is -0.274. The zero-order chi connectivity index (χ0) is 15.3. The highest BCUT2D eigenvalue weighted by Gasteiger charge is 2.31. The lowest BCUT2D eigenvalue weighted by Gasteiger charge is -2.32. The van der Waals surface area contributed by atoms with E-state index in [4.69, 9.17) is 0 Å². The minimum absolute atomic E-state index is 0.155. The van der Waals surface area contributed by atoms with Gasteiger partial charge in [0.2, 0.25) is 0 Å². The molecule has 0 aliphatic heterocycles. The van der Waals surface area contributed by atoms with Crippen molar-refractivity contribution < 1.29 is 17.9 Å². The van der Waals surface area contributed by atoms with Crippen molar-refractivity contribution in [3.63, 3.8) is 0 Å². The Labute approximate surface area is 123 Å². The van der Waals surface area contributed by atoms with Crippen LogP contribution >= 0.6 is 0 Å². The van der Waals surface area contributed by atoms with Gasteiger partial charge in [-0.3, -0.25) is 0 Å². The number of ether oxygens (including phenoxy) is 1. The van der Waals surface area contributed by atoms with Crippen LogP contribution in [0.3, 0.4) is 0 Å². The number of alkyl halides is 3. The zero-order valence-electron chi connectivity index (χ0n) is 12.2. The van der Waals surface area contributed by atoms with E-state index in [-0.39, 0.29) is 5.75 Å². The first-order valence-corrected chi connectivity index (χ1v) is 7.56. The Kier molecular flexibility index (Phi) is 5.51. The number of halogens is 3. The molecule has 0 bridgehead atoms. The number of nitrogens with one attached hydrogen (secondary N) is 1. The quantitative estimate of drug-likeness (QED) is 0.875. The van der Waals surface area contributed by atoms with Gasteiger partial charge in [0.15, 0.2) is 0 Å². The lowest BCUT2D eigenvalue weighted by Crippen LogP contribution is -2.39. The van der Waals surface area contributed by atoms with Crippen LogP contribution in [0.25, 0.3) is 0 Å². The van der Waals surface area contributed by atoms with Crippen LogP contribution in [0.5, 0.6) is 5.75 Å². The van der Waals surface area contributed by atoms with Gasteiger partial charge in [-0.2, -0.15) is 0 Å². The highest BCUT2D eigenvalue weighted by molar-refractivity contribution is 5.27. The van der Waals surface area contributed by atoms with Gasteiger partial charge in [0.05, 0.1) is 0 Å². The van der Waals surface area contributed by atoms with Crippen LogP contribution in [0.2, 0.25) is 0 Å². The second kappa shape index (κ2) is 7.16. The van der Waals surface area contributed by atoms with Gasteiger partial charge >= 0.3 is 6.36 Å². The summed E-state index contributed by atoms with van der Waals surface area (Å²) < 4.78 is 40.3. The van der Waals surface area contributed by atoms with Crippen molar-refractivity contribution in [3.8, 4) is 5.75 Å². The molecule has 1 aliphatic rings. The largest absolute Gasteiger partial charge is 0.573 e. The van der Waals surface area contributed by atoms with Crippen molar-refractivity contribution in [1.82, 2.24) is 5.32 Å². The Hall–Kier alpha value is -1.23. The number of hydrogen-bond donors (Lipinski definition) is 1. The average molecular weight is 301 g/mol. The summed E-state index contributed by atoms with van der Waals surface area (Å²) in [6, 6.07) is 6.79. The van der Waals surface area contributed by atoms with Gasteiger partial charge in [0, 0.05) is 6.04 Å². The number of hydrogen-bond acceptors (Lipinski definition) is 2. The van der Waals surface area contributed by atoms with Gasteiger partial charge in [0.25, 0.3) is 0 Å². The molecule has 0 radical (unpaired) electrons. The Bertz CT molecular complexity index is 428. The standard InChI is InChI=1S/C16H22F3NO/c1-2-20-15-6-4-3-5-13(15)11-12-7-9-14(10-8-12)21-16(17,18)19/h7-10,13,15,20H,2-6,11H2,1H3. The first-order valence-electron chi connectivity index (χ1n) is 7.56. The molecule has 0 amide bonds. The Balaban J connectivity index is 1.95. The van der Waals surface area contributed by atoms with Crippen LogP contribution in [0.15, 0.2) is 24.3 Å². The van der Waals surface area contributed by atoms with E-state index in [1.807, 2.05) is 0 Å². The molecule has 0 aromatic heterocycles. The molecule has 5 heteroatoms. The molecule has 1 fully saturated rings. The fourth-order valence-electron chi connectivity index (χ4n) is 3.11. The summed E-state index contributed by atoms with van der Waals surface area (Å²) in [6.45, 7) is 3.06. The van der Waals surface area contributed by atoms with E-state index in [9.17, 15) is 13.2 Å². The molecule has 1 saturated carbocycles. The predicted octanol–water partition coefficient (Wildman–Crippen LogP) is 4.30. The predicted molar refractivity (Wildman–Crippen MR) is 76.3 cm³/mol. The van der Waals surface area contributed by atoms with Crippen molar-refractivity contribution in [3.05, 3.63) is 29.8 Å². The summed E-state index contributed by atoms with van der Waals surface area (Å²) in [5.74, 6) is 0.409.